The Morgan fingerprint density at radius 3 is 2.59 bits per heavy atom. The lowest BCUT2D eigenvalue weighted by Gasteiger charge is -2.41. The number of benzene rings is 2. The lowest BCUT2D eigenvalue weighted by Crippen LogP contribution is -2.55. The number of piperazine rings is 1. The summed E-state index contributed by atoms with van der Waals surface area (Å²) < 4.78 is 15.0. The van der Waals surface area contributed by atoms with Gasteiger partial charge < -0.3 is 15.5 Å². The molecule has 41 heavy (non-hydrogen) atoms. The van der Waals surface area contributed by atoms with E-state index in [9.17, 15) is 14.0 Å². The third-order valence-corrected chi connectivity index (χ3v) is 7.51. The highest BCUT2D eigenvalue weighted by atomic mass is 35.5. The zero-order chi connectivity index (χ0) is 29.8. The number of amidine groups is 1. The van der Waals surface area contributed by atoms with Crippen LogP contribution < -0.4 is 10.6 Å². The Balaban J connectivity index is 1.95. The van der Waals surface area contributed by atoms with E-state index >= 15 is 0 Å². The number of rotatable bonds is 7. The number of halogens is 2. The molecule has 0 spiro atoms. The lowest BCUT2D eigenvalue weighted by atomic mass is 9.98. The Hall–Kier alpha value is -4.24. The lowest BCUT2D eigenvalue weighted by molar-refractivity contribution is -0.128. The van der Waals surface area contributed by atoms with E-state index in [2.05, 4.69) is 11.6 Å². The Kier molecular flexibility index (Phi) is 9.08. The monoisotopic (exact) mass is 576 g/mol. The zero-order valence-electron chi connectivity index (χ0n) is 23.6. The first-order valence-electron chi connectivity index (χ1n) is 13.4. The molecular formula is C31H34ClFN6O2. The van der Waals surface area contributed by atoms with E-state index in [-0.39, 0.29) is 40.0 Å². The molecule has 2 heterocycles. The molecule has 3 aromatic rings. The summed E-state index contributed by atoms with van der Waals surface area (Å²) in [4.78, 5) is 39.8. The summed E-state index contributed by atoms with van der Waals surface area (Å²) in [6.45, 7) is 11.0. The summed E-state index contributed by atoms with van der Waals surface area (Å²) in [6.07, 6.45) is 1.96. The SMILES string of the molecule is C=CC(=O)N1CCN(C(=NC)c2cc(Cl)c(-c3ccccc3F)nc2N(C=O)c2c(N)cccc2C(C)C)C(C)C1. The molecule has 0 radical (unpaired) electrons. The molecule has 1 unspecified atom stereocenters. The standard InChI is InChI=1S/C31H34ClFN6O2/c1-6-27(41)37-14-15-38(20(4)17-37)30(35-5)23-16-24(32)28(22-10-7-8-12-25(22)33)36-31(23)39(18-40)29-21(19(2)3)11-9-13-26(29)34/h6-13,16,18-20H,1,14-15,17,34H2,2-5H3. The molecule has 1 aliphatic heterocycles. The third kappa shape index (κ3) is 5.81. The van der Waals surface area contributed by atoms with Crippen molar-refractivity contribution in [2.45, 2.75) is 32.7 Å². The van der Waals surface area contributed by atoms with Crippen LogP contribution in [0.1, 0.15) is 37.8 Å². The van der Waals surface area contributed by atoms with Crippen LogP contribution in [-0.2, 0) is 9.59 Å². The molecule has 1 aliphatic rings. The molecule has 0 bridgehead atoms. The topological polar surface area (TPSA) is 95.1 Å². The minimum Gasteiger partial charge on any atom is -0.397 e. The summed E-state index contributed by atoms with van der Waals surface area (Å²) in [5.74, 6) is 0.132. The molecule has 1 fully saturated rings. The predicted molar refractivity (Wildman–Crippen MR) is 163 cm³/mol. The van der Waals surface area contributed by atoms with Crippen molar-refractivity contribution in [2.75, 3.05) is 37.3 Å². The molecule has 2 aromatic carbocycles. The van der Waals surface area contributed by atoms with Crippen LogP contribution in [0.25, 0.3) is 11.3 Å². The van der Waals surface area contributed by atoms with Gasteiger partial charge in [-0.1, -0.05) is 56.3 Å². The van der Waals surface area contributed by atoms with Gasteiger partial charge in [0.05, 0.1) is 27.7 Å². The van der Waals surface area contributed by atoms with Gasteiger partial charge in [-0.25, -0.2) is 9.37 Å². The Morgan fingerprint density at radius 1 is 1.24 bits per heavy atom. The Morgan fingerprint density at radius 2 is 1.98 bits per heavy atom. The number of carbonyl (C=O) groups is 2. The van der Waals surface area contributed by atoms with Crippen LogP contribution in [0.4, 0.5) is 21.6 Å². The van der Waals surface area contributed by atoms with Gasteiger partial charge in [0.25, 0.3) is 0 Å². The minimum absolute atomic E-state index is 0.0348. The van der Waals surface area contributed by atoms with Gasteiger partial charge in [-0.2, -0.15) is 0 Å². The normalized spacial score (nSPS) is 15.7. The van der Waals surface area contributed by atoms with Crippen LogP contribution in [0.5, 0.6) is 0 Å². The number of nitrogen functional groups attached to an aromatic ring is 1. The predicted octanol–water partition coefficient (Wildman–Crippen LogP) is 5.64. The molecule has 1 atom stereocenters. The van der Waals surface area contributed by atoms with Gasteiger partial charge in [-0.3, -0.25) is 19.5 Å². The third-order valence-electron chi connectivity index (χ3n) is 7.22. The second-order valence-corrected chi connectivity index (χ2v) is 10.6. The van der Waals surface area contributed by atoms with Crippen molar-refractivity contribution in [1.82, 2.24) is 14.8 Å². The molecule has 2 N–H and O–H groups in total. The second kappa shape index (κ2) is 12.5. The number of nitrogens with two attached hydrogens (primary N) is 1. The number of carbonyl (C=O) groups excluding carboxylic acids is 2. The van der Waals surface area contributed by atoms with Gasteiger partial charge in [0.1, 0.15) is 11.7 Å². The zero-order valence-corrected chi connectivity index (χ0v) is 24.4. The molecule has 0 aliphatic carbocycles. The van der Waals surface area contributed by atoms with Gasteiger partial charge in [0.2, 0.25) is 12.3 Å². The molecule has 1 aromatic heterocycles. The van der Waals surface area contributed by atoms with Crippen LogP contribution in [-0.4, -0.2) is 65.7 Å². The van der Waals surface area contributed by atoms with Gasteiger partial charge in [0.15, 0.2) is 5.82 Å². The maximum absolute atomic E-state index is 15.0. The first kappa shape index (κ1) is 29.7. The largest absolute Gasteiger partial charge is 0.397 e. The molecule has 10 heteroatoms. The highest BCUT2D eigenvalue weighted by Gasteiger charge is 2.32. The number of aliphatic imine (C=N–C) groups is 1. The number of anilines is 3. The Bertz CT molecular complexity index is 1510. The number of aromatic nitrogens is 1. The Labute approximate surface area is 244 Å². The van der Waals surface area contributed by atoms with Crippen LogP contribution in [0.2, 0.25) is 5.02 Å². The molecule has 8 nitrogen and oxygen atoms in total. The van der Waals surface area contributed by atoms with Gasteiger partial charge in [-0.15, -0.1) is 0 Å². The van der Waals surface area contributed by atoms with Crippen LogP contribution in [0, 0.1) is 5.82 Å². The molecule has 1 saturated heterocycles. The van der Waals surface area contributed by atoms with E-state index in [1.54, 1.807) is 42.3 Å². The minimum atomic E-state index is -0.499. The first-order chi connectivity index (χ1) is 19.6. The van der Waals surface area contributed by atoms with Crippen LogP contribution >= 0.6 is 11.6 Å². The van der Waals surface area contributed by atoms with E-state index in [0.717, 1.165) is 5.56 Å². The summed E-state index contributed by atoms with van der Waals surface area (Å²) in [5, 5.41) is 0.194. The molecule has 0 saturated carbocycles. The van der Waals surface area contributed by atoms with Crippen molar-refractivity contribution in [3.63, 3.8) is 0 Å². The average Bonchev–Trinajstić information content (AvgIpc) is 2.96. The van der Waals surface area contributed by atoms with E-state index in [4.69, 9.17) is 22.3 Å². The molecular weight excluding hydrogens is 543 g/mol. The number of pyridine rings is 1. The van der Waals surface area contributed by atoms with E-state index in [1.807, 2.05) is 37.8 Å². The average molecular weight is 577 g/mol. The van der Waals surface area contributed by atoms with Gasteiger partial charge in [0, 0.05) is 38.3 Å². The van der Waals surface area contributed by atoms with Crippen LogP contribution in [0.15, 0.2) is 66.2 Å². The number of para-hydroxylation sites is 1. The smallest absolute Gasteiger partial charge is 0.246 e. The highest BCUT2D eigenvalue weighted by molar-refractivity contribution is 6.33. The van der Waals surface area contributed by atoms with E-state index in [0.29, 0.717) is 48.8 Å². The van der Waals surface area contributed by atoms with Crippen molar-refractivity contribution in [1.29, 1.82) is 0 Å². The summed E-state index contributed by atoms with van der Waals surface area (Å²) >= 11 is 6.78. The van der Waals surface area contributed by atoms with E-state index in [1.165, 1.54) is 17.0 Å². The fraction of sp³-hybridized carbons (Fsp3) is 0.290. The van der Waals surface area contributed by atoms with Crippen molar-refractivity contribution in [2.24, 2.45) is 4.99 Å². The van der Waals surface area contributed by atoms with Crippen molar-refractivity contribution in [3.8, 4) is 11.3 Å². The van der Waals surface area contributed by atoms with Crippen molar-refractivity contribution in [3.05, 3.63) is 83.2 Å². The van der Waals surface area contributed by atoms with Gasteiger partial charge in [-0.05, 0) is 48.7 Å². The number of hydrogen-bond acceptors (Lipinski definition) is 5. The fourth-order valence-corrected chi connectivity index (χ4v) is 5.46. The number of nitrogens with zero attached hydrogens (tertiary/aromatic N) is 5. The van der Waals surface area contributed by atoms with Crippen molar-refractivity contribution < 1.29 is 14.0 Å². The quantitative estimate of drug-likeness (QED) is 0.129. The fourth-order valence-electron chi connectivity index (χ4n) is 5.21. The highest BCUT2D eigenvalue weighted by Crippen LogP contribution is 2.40. The maximum atomic E-state index is 15.0. The molecule has 4 rings (SSSR count). The molecule has 2 amide bonds. The number of amides is 2. The first-order valence-corrected chi connectivity index (χ1v) is 13.7. The summed E-state index contributed by atoms with van der Waals surface area (Å²) in [6, 6.07) is 13.2. The van der Waals surface area contributed by atoms with E-state index < -0.39 is 5.82 Å². The maximum Gasteiger partial charge on any atom is 0.246 e. The van der Waals surface area contributed by atoms with Crippen LogP contribution in [0.3, 0.4) is 0 Å². The second-order valence-electron chi connectivity index (χ2n) is 10.2. The molecule has 214 valence electrons. The van der Waals surface area contributed by atoms with Gasteiger partial charge >= 0.3 is 0 Å². The van der Waals surface area contributed by atoms with Crippen molar-refractivity contribution >= 4 is 46.9 Å². The number of hydrogen-bond donors (Lipinski definition) is 1. The summed E-state index contributed by atoms with van der Waals surface area (Å²) in [5.41, 5.74) is 9.01. The summed E-state index contributed by atoms with van der Waals surface area (Å²) in [7, 11) is 1.65.